The smallest absolute Gasteiger partial charge is 0.407 e. The maximum Gasteiger partial charge on any atom is 0.407 e. The predicted molar refractivity (Wildman–Crippen MR) is 243 cm³/mol. The molecule has 352 valence electrons. The summed E-state index contributed by atoms with van der Waals surface area (Å²) in [5.41, 5.74) is 4.32. The summed E-state index contributed by atoms with van der Waals surface area (Å²) in [4.78, 5) is 31.0. The number of methoxy groups -OCH3 is 1. The zero-order valence-electron chi connectivity index (χ0n) is 38.9. The number of nitrogens with one attached hydrogen (secondary N) is 1. The van der Waals surface area contributed by atoms with Gasteiger partial charge in [-0.05, 0) is 59.0 Å². The Morgan fingerprint density at radius 1 is 0.984 bits per heavy atom. The number of rotatable bonds is 9. The van der Waals surface area contributed by atoms with Gasteiger partial charge in [-0.15, -0.1) is 11.3 Å². The van der Waals surface area contributed by atoms with Crippen LogP contribution in [0.2, 0.25) is 0 Å². The first-order chi connectivity index (χ1) is 29.7. The van der Waals surface area contributed by atoms with E-state index < -0.39 is 79.9 Å². The van der Waals surface area contributed by atoms with Crippen LogP contribution in [0.25, 0.3) is 0 Å². The summed E-state index contributed by atoms with van der Waals surface area (Å²) in [7, 11) is 3.10. The van der Waals surface area contributed by atoms with Crippen LogP contribution in [0.5, 0.6) is 0 Å². The number of ether oxygens (including phenoxy) is 5. The molecule has 0 radical (unpaired) electrons. The lowest BCUT2D eigenvalue weighted by Crippen LogP contribution is -2.59. The molecule has 1 aromatic rings. The topological polar surface area (TPSA) is 206 Å². The molecule has 15 heteroatoms. The number of aliphatic hydroxyl groups is 5. The highest BCUT2D eigenvalue weighted by molar-refractivity contribution is 7.09. The first-order valence-electron chi connectivity index (χ1n) is 21.7. The standard InChI is InChI=1S/C48H72N2O12S/c1-26(2)20-38(61-48(57)49-11)45-50-35(25-63-45)44-31(7)15-13-14-30(6)43(58-12)34(10)36(52)19-17-27(3)21-29(5)22-33(9)37(23-28(4)16-18-32(8)46(56)62-44)59-47-42(55)41(54)40(53)39(24-51)60-47/h13-15,17-19,21-23,25-26,31,33-34,36-44,47,51-55H,16,20,24H2,1-12H3,(H,49,57)/b15-13+,19-17+,27-21-,28-23+,29-22-,30-14+,32-18+/t31-,33-,34-,36+,37+,38-,39+,40+,41-,42+,43+,44-,47+/m0/s1. The molecule has 1 saturated heterocycles. The highest BCUT2D eigenvalue weighted by Crippen LogP contribution is 2.35. The van der Waals surface area contributed by atoms with Gasteiger partial charge in [0.2, 0.25) is 0 Å². The van der Waals surface area contributed by atoms with E-state index >= 15 is 0 Å². The van der Waals surface area contributed by atoms with Gasteiger partial charge < -0.3 is 54.5 Å². The van der Waals surface area contributed by atoms with E-state index in [4.69, 9.17) is 28.7 Å². The van der Waals surface area contributed by atoms with Crippen LogP contribution in [0.15, 0.2) is 87.9 Å². The van der Waals surface area contributed by atoms with Crippen LogP contribution in [0, 0.1) is 23.7 Å². The number of thiazole rings is 1. The summed E-state index contributed by atoms with van der Waals surface area (Å²) in [6.45, 7) is 18.6. The van der Waals surface area contributed by atoms with Crippen molar-refractivity contribution in [1.82, 2.24) is 10.3 Å². The van der Waals surface area contributed by atoms with Gasteiger partial charge in [0.25, 0.3) is 0 Å². The second-order valence-corrected chi connectivity index (χ2v) is 18.2. The number of carbonyl (C=O) groups excluding carboxylic acids is 2. The number of alkyl carbamates (subject to hydrolysis) is 1. The van der Waals surface area contributed by atoms with Crippen molar-refractivity contribution >= 4 is 23.4 Å². The quantitative estimate of drug-likeness (QED) is 0.111. The van der Waals surface area contributed by atoms with E-state index in [0.717, 1.165) is 22.3 Å². The minimum absolute atomic E-state index is 0.203. The number of amides is 1. The Balaban J connectivity index is 2.13. The maximum atomic E-state index is 13.9. The van der Waals surface area contributed by atoms with Gasteiger partial charge in [-0.25, -0.2) is 14.6 Å². The molecule has 0 bridgehead atoms. The van der Waals surface area contributed by atoms with Gasteiger partial charge in [0, 0.05) is 42.9 Å². The van der Waals surface area contributed by atoms with E-state index in [9.17, 15) is 35.1 Å². The number of nitrogens with zero attached hydrogens (tertiary/aromatic N) is 1. The third-order valence-electron chi connectivity index (χ3n) is 11.1. The molecule has 1 amide bonds. The Hall–Kier alpha value is -3.77. The molecule has 1 fully saturated rings. The Labute approximate surface area is 377 Å². The number of aromatic nitrogens is 1. The third kappa shape index (κ3) is 16.0. The Bertz CT molecular complexity index is 1860. The number of cyclic esters (lactones) is 1. The fraction of sp³-hybridized carbons (Fsp3) is 0.604. The van der Waals surface area contributed by atoms with Crippen LogP contribution in [0.4, 0.5) is 4.79 Å². The maximum absolute atomic E-state index is 13.9. The van der Waals surface area contributed by atoms with Crippen molar-refractivity contribution < 1.29 is 58.8 Å². The summed E-state index contributed by atoms with van der Waals surface area (Å²) in [6, 6.07) is 0. The molecule has 0 spiro atoms. The SMILES string of the molecule is CNC(=O)O[C@@H](CC(C)C)c1nc([C@H]2OC(=O)/C(C)=C/C/C(C)=C/[C@@H](O[C@@H]3O[C@H](CO)[C@@H](O)[C@H](O)[C@H]3O)[C@@H](C)\C=C(C)/C=C(C)\C=C\[C@@H](O)[C@H](C)[C@H](OC)/C(C)=C/C=C/[C@@H]2C)cs1. The molecule has 2 aliphatic heterocycles. The molecule has 1 aromatic heterocycles. The predicted octanol–water partition coefficient (Wildman–Crippen LogP) is 6.89. The Kier molecular flexibility index (Phi) is 21.8. The van der Waals surface area contributed by atoms with E-state index in [2.05, 4.69) is 5.32 Å². The number of carbonyl (C=O) groups is 2. The van der Waals surface area contributed by atoms with Gasteiger partial charge in [-0.3, -0.25) is 0 Å². The first-order valence-corrected chi connectivity index (χ1v) is 22.5. The molecule has 0 saturated carbocycles. The van der Waals surface area contributed by atoms with Gasteiger partial charge >= 0.3 is 12.1 Å². The second kappa shape index (κ2) is 25.6. The van der Waals surface area contributed by atoms with Crippen molar-refractivity contribution in [2.45, 2.75) is 143 Å². The molecule has 0 aliphatic carbocycles. The molecule has 3 heterocycles. The average Bonchev–Trinajstić information content (AvgIpc) is 3.72. The molecular weight excluding hydrogens is 829 g/mol. The van der Waals surface area contributed by atoms with Gasteiger partial charge in [-0.1, -0.05) is 106 Å². The number of aliphatic hydroxyl groups excluding tert-OH is 5. The number of esters is 1. The zero-order chi connectivity index (χ0) is 47.1. The van der Waals surface area contributed by atoms with Gasteiger partial charge in [0.1, 0.15) is 29.4 Å². The van der Waals surface area contributed by atoms with Crippen LogP contribution in [-0.4, -0.2) is 112 Å². The molecular formula is C48H72N2O12S. The number of hydrogen-bond acceptors (Lipinski definition) is 14. The zero-order valence-corrected chi connectivity index (χ0v) is 39.7. The van der Waals surface area contributed by atoms with E-state index in [0.29, 0.717) is 29.1 Å². The lowest BCUT2D eigenvalue weighted by molar-refractivity contribution is -0.309. The van der Waals surface area contributed by atoms with E-state index in [-0.39, 0.29) is 23.7 Å². The first kappa shape index (κ1) is 53.6. The summed E-state index contributed by atoms with van der Waals surface area (Å²) < 4.78 is 29.8. The van der Waals surface area contributed by atoms with Crippen LogP contribution in [0.1, 0.15) is 105 Å². The molecule has 3 rings (SSSR count). The van der Waals surface area contributed by atoms with E-state index in [1.165, 1.54) is 18.4 Å². The minimum atomic E-state index is -1.62. The Morgan fingerprint density at radius 3 is 2.32 bits per heavy atom. The minimum Gasteiger partial charge on any atom is -0.452 e. The Morgan fingerprint density at radius 2 is 1.68 bits per heavy atom. The number of hydrogen-bond donors (Lipinski definition) is 6. The average molecular weight is 901 g/mol. The number of allylic oxidation sites excluding steroid dienone is 8. The van der Waals surface area contributed by atoms with E-state index in [1.807, 2.05) is 110 Å². The summed E-state index contributed by atoms with van der Waals surface area (Å²) in [5.74, 6) is -1.36. The summed E-state index contributed by atoms with van der Waals surface area (Å²) in [5, 5.41) is 57.7. The largest absolute Gasteiger partial charge is 0.452 e. The van der Waals surface area contributed by atoms with Gasteiger partial charge in [-0.2, -0.15) is 0 Å². The summed E-state index contributed by atoms with van der Waals surface area (Å²) >= 11 is 1.33. The van der Waals surface area contributed by atoms with Crippen molar-refractivity contribution in [3.63, 3.8) is 0 Å². The molecule has 2 aliphatic rings. The van der Waals surface area contributed by atoms with Crippen molar-refractivity contribution in [3.05, 3.63) is 98.6 Å². The van der Waals surface area contributed by atoms with E-state index in [1.54, 1.807) is 26.2 Å². The highest BCUT2D eigenvalue weighted by Gasteiger charge is 2.45. The molecule has 63 heavy (non-hydrogen) atoms. The van der Waals surface area contributed by atoms with Crippen LogP contribution < -0.4 is 5.32 Å². The molecule has 14 nitrogen and oxygen atoms in total. The summed E-state index contributed by atoms with van der Waals surface area (Å²) in [6.07, 6.45) is 6.49. The molecule has 0 aromatic carbocycles. The molecule has 13 atom stereocenters. The molecule has 6 N–H and O–H groups in total. The third-order valence-corrected chi connectivity index (χ3v) is 12.1. The lowest BCUT2D eigenvalue weighted by Gasteiger charge is -2.41. The van der Waals surface area contributed by atoms with Crippen molar-refractivity contribution in [3.8, 4) is 0 Å². The lowest BCUT2D eigenvalue weighted by atomic mass is 9.91. The van der Waals surface area contributed by atoms with Crippen molar-refractivity contribution in [2.24, 2.45) is 23.7 Å². The van der Waals surface area contributed by atoms with Crippen LogP contribution in [-0.2, 0) is 28.5 Å². The van der Waals surface area contributed by atoms with Gasteiger partial charge in [0.05, 0.1) is 30.6 Å². The van der Waals surface area contributed by atoms with Crippen molar-refractivity contribution in [2.75, 3.05) is 20.8 Å². The van der Waals surface area contributed by atoms with Crippen molar-refractivity contribution in [1.29, 1.82) is 0 Å². The fourth-order valence-electron chi connectivity index (χ4n) is 7.40. The highest BCUT2D eigenvalue weighted by atomic mass is 32.1. The van der Waals surface area contributed by atoms with Gasteiger partial charge in [0.15, 0.2) is 18.5 Å². The van der Waals surface area contributed by atoms with Crippen LogP contribution in [0.3, 0.4) is 0 Å². The molecule has 0 unspecified atom stereocenters. The van der Waals surface area contributed by atoms with Crippen LogP contribution >= 0.6 is 11.3 Å². The normalized spacial score (nSPS) is 36.9. The fourth-order valence-corrected chi connectivity index (χ4v) is 8.28. The second-order valence-electron chi connectivity index (χ2n) is 17.3. The monoisotopic (exact) mass is 900 g/mol.